The molecule has 0 atom stereocenters. The number of anilines is 1. The summed E-state index contributed by atoms with van der Waals surface area (Å²) in [4.78, 5) is 18.9. The second-order valence-corrected chi connectivity index (χ2v) is 6.53. The SMILES string of the molecule is CC(C)NCc1c(N(CC(N)=O)C(C)C)nc2sccn12. The highest BCUT2D eigenvalue weighted by atomic mass is 32.1. The van der Waals surface area contributed by atoms with Crippen LogP contribution in [0.15, 0.2) is 11.6 Å². The number of hydrogen-bond acceptors (Lipinski definition) is 5. The lowest BCUT2D eigenvalue weighted by atomic mass is 10.2. The smallest absolute Gasteiger partial charge is 0.237 e. The summed E-state index contributed by atoms with van der Waals surface area (Å²) in [6, 6.07) is 0.533. The topological polar surface area (TPSA) is 75.7 Å². The van der Waals surface area contributed by atoms with Crippen LogP contribution in [0.5, 0.6) is 0 Å². The Bertz CT molecular complexity index is 616. The first kappa shape index (κ1) is 15.8. The van der Waals surface area contributed by atoms with Gasteiger partial charge in [0.05, 0.1) is 12.2 Å². The molecule has 2 rings (SSSR count). The van der Waals surface area contributed by atoms with Gasteiger partial charge in [0.1, 0.15) is 0 Å². The Labute approximate surface area is 129 Å². The van der Waals surface area contributed by atoms with Crippen LogP contribution in [-0.4, -0.2) is 33.9 Å². The number of carbonyl (C=O) groups is 1. The van der Waals surface area contributed by atoms with Crippen LogP contribution >= 0.6 is 11.3 Å². The lowest BCUT2D eigenvalue weighted by Gasteiger charge is -2.26. The third kappa shape index (κ3) is 3.54. The lowest BCUT2D eigenvalue weighted by Crippen LogP contribution is -2.39. The number of fused-ring (bicyclic) bond motifs is 1. The van der Waals surface area contributed by atoms with E-state index in [0.717, 1.165) is 16.5 Å². The Hall–Kier alpha value is -1.60. The standard InChI is InChI=1S/C14H23N5OS/c1-9(2)16-7-11-13(17-14-18(11)5-6-21-14)19(10(3)4)8-12(15)20/h5-6,9-10,16H,7-8H2,1-4H3,(H2,15,20). The average Bonchev–Trinajstić information content (AvgIpc) is 2.93. The van der Waals surface area contributed by atoms with Crippen LogP contribution in [0.1, 0.15) is 33.4 Å². The summed E-state index contributed by atoms with van der Waals surface area (Å²) in [5, 5.41) is 5.43. The molecule has 21 heavy (non-hydrogen) atoms. The molecule has 0 aromatic carbocycles. The van der Waals surface area contributed by atoms with Crippen molar-refractivity contribution in [2.75, 3.05) is 11.4 Å². The molecule has 2 heterocycles. The van der Waals surface area contributed by atoms with E-state index in [1.807, 2.05) is 30.3 Å². The van der Waals surface area contributed by atoms with E-state index in [1.165, 1.54) is 0 Å². The van der Waals surface area contributed by atoms with Crippen molar-refractivity contribution in [3.8, 4) is 0 Å². The summed E-state index contributed by atoms with van der Waals surface area (Å²) in [5.74, 6) is 0.492. The summed E-state index contributed by atoms with van der Waals surface area (Å²) in [6.07, 6.45) is 2.01. The van der Waals surface area contributed by atoms with Crippen molar-refractivity contribution in [2.24, 2.45) is 5.73 Å². The van der Waals surface area contributed by atoms with Crippen molar-refractivity contribution >= 4 is 28.0 Å². The number of thiazole rings is 1. The van der Waals surface area contributed by atoms with E-state index in [1.54, 1.807) is 11.3 Å². The molecule has 0 aliphatic rings. The highest BCUT2D eigenvalue weighted by Crippen LogP contribution is 2.26. The van der Waals surface area contributed by atoms with Gasteiger partial charge < -0.3 is 16.0 Å². The molecule has 0 aliphatic carbocycles. The monoisotopic (exact) mass is 309 g/mol. The molecular weight excluding hydrogens is 286 g/mol. The molecule has 0 spiro atoms. The minimum absolute atomic E-state index is 0.153. The molecule has 2 aromatic heterocycles. The summed E-state index contributed by atoms with van der Waals surface area (Å²) in [5.41, 5.74) is 6.45. The number of nitrogens with zero attached hydrogens (tertiary/aromatic N) is 3. The molecule has 0 fully saturated rings. The van der Waals surface area contributed by atoms with Gasteiger partial charge in [-0.25, -0.2) is 4.98 Å². The summed E-state index contributed by atoms with van der Waals surface area (Å²) in [6.45, 7) is 9.17. The molecule has 3 N–H and O–H groups in total. The average molecular weight is 309 g/mol. The van der Waals surface area contributed by atoms with Gasteiger partial charge in [0.25, 0.3) is 0 Å². The van der Waals surface area contributed by atoms with E-state index in [4.69, 9.17) is 5.73 Å². The number of amides is 1. The van der Waals surface area contributed by atoms with E-state index >= 15 is 0 Å². The maximum atomic E-state index is 11.4. The molecule has 0 unspecified atom stereocenters. The molecular formula is C14H23N5OS. The van der Waals surface area contributed by atoms with Gasteiger partial charge in [0.2, 0.25) is 5.91 Å². The number of nitrogens with one attached hydrogen (secondary N) is 1. The minimum atomic E-state index is -0.345. The number of nitrogens with two attached hydrogens (primary N) is 1. The number of aromatic nitrogens is 2. The Kier molecular flexibility index (Phi) is 4.84. The first-order valence-electron chi connectivity index (χ1n) is 7.13. The fourth-order valence-corrected chi connectivity index (χ4v) is 2.91. The predicted molar refractivity (Wildman–Crippen MR) is 86.7 cm³/mol. The number of primary amides is 1. The second-order valence-electron chi connectivity index (χ2n) is 5.66. The Morgan fingerprint density at radius 2 is 2.19 bits per heavy atom. The molecule has 0 bridgehead atoms. The van der Waals surface area contributed by atoms with E-state index in [9.17, 15) is 4.79 Å². The quantitative estimate of drug-likeness (QED) is 0.814. The third-order valence-corrected chi connectivity index (χ3v) is 4.00. The largest absolute Gasteiger partial charge is 0.368 e. The molecule has 7 heteroatoms. The number of hydrogen-bond donors (Lipinski definition) is 2. The van der Waals surface area contributed by atoms with Gasteiger partial charge in [0, 0.05) is 30.2 Å². The van der Waals surface area contributed by atoms with E-state index in [0.29, 0.717) is 12.6 Å². The maximum Gasteiger partial charge on any atom is 0.237 e. The van der Waals surface area contributed by atoms with Gasteiger partial charge in [-0.15, -0.1) is 11.3 Å². The van der Waals surface area contributed by atoms with Crippen molar-refractivity contribution in [1.29, 1.82) is 0 Å². The maximum absolute atomic E-state index is 11.4. The van der Waals surface area contributed by atoms with Crippen molar-refractivity contribution in [3.63, 3.8) is 0 Å². The van der Waals surface area contributed by atoms with Crippen molar-refractivity contribution < 1.29 is 4.79 Å². The number of imidazole rings is 1. The van der Waals surface area contributed by atoms with Crippen molar-refractivity contribution in [2.45, 2.75) is 46.3 Å². The van der Waals surface area contributed by atoms with Gasteiger partial charge in [-0.1, -0.05) is 13.8 Å². The third-order valence-electron chi connectivity index (χ3n) is 3.24. The molecule has 0 aliphatic heterocycles. The van der Waals surface area contributed by atoms with Gasteiger partial charge in [-0.05, 0) is 13.8 Å². The first-order chi connectivity index (χ1) is 9.90. The first-order valence-corrected chi connectivity index (χ1v) is 8.01. The van der Waals surface area contributed by atoms with Gasteiger partial charge in [-0.2, -0.15) is 0 Å². The fourth-order valence-electron chi connectivity index (χ4n) is 2.19. The Morgan fingerprint density at radius 3 is 2.76 bits per heavy atom. The van der Waals surface area contributed by atoms with Gasteiger partial charge >= 0.3 is 0 Å². The van der Waals surface area contributed by atoms with Crippen molar-refractivity contribution in [3.05, 3.63) is 17.3 Å². The molecule has 6 nitrogen and oxygen atoms in total. The van der Waals surface area contributed by atoms with Crippen LogP contribution in [0.25, 0.3) is 4.96 Å². The molecule has 1 amide bonds. The van der Waals surface area contributed by atoms with Crippen LogP contribution in [0.3, 0.4) is 0 Å². The van der Waals surface area contributed by atoms with Crippen LogP contribution in [0.4, 0.5) is 5.82 Å². The fraction of sp³-hybridized carbons (Fsp3) is 0.571. The molecule has 0 saturated heterocycles. The zero-order chi connectivity index (χ0) is 15.6. The van der Waals surface area contributed by atoms with Crippen molar-refractivity contribution in [1.82, 2.24) is 14.7 Å². The van der Waals surface area contributed by atoms with Gasteiger partial charge in [0.15, 0.2) is 10.8 Å². The summed E-state index contributed by atoms with van der Waals surface area (Å²) < 4.78 is 2.08. The molecule has 0 saturated carbocycles. The normalized spacial score (nSPS) is 11.7. The number of rotatable bonds is 7. The highest BCUT2D eigenvalue weighted by Gasteiger charge is 2.22. The predicted octanol–water partition coefficient (Wildman–Crippen LogP) is 1.59. The Morgan fingerprint density at radius 1 is 1.48 bits per heavy atom. The van der Waals surface area contributed by atoms with E-state index in [-0.39, 0.29) is 18.5 Å². The molecule has 0 radical (unpaired) electrons. The highest BCUT2D eigenvalue weighted by molar-refractivity contribution is 7.15. The van der Waals surface area contributed by atoms with E-state index in [2.05, 4.69) is 28.5 Å². The van der Waals surface area contributed by atoms with Crippen LogP contribution in [0.2, 0.25) is 0 Å². The number of carbonyl (C=O) groups excluding carboxylic acids is 1. The zero-order valence-electron chi connectivity index (χ0n) is 13.0. The second kappa shape index (κ2) is 6.44. The van der Waals surface area contributed by atoms with E-state index < -0.39 is 0 Å². The van der Waals surface area contributed by atoms with Crippen LogP contribution < -0.4 is 16.0 Å². The lowest BCUT2D eigenvalue weighted by molar-refractivity contribution is -0.116. The summed E-state index contributed by atoms with van der Waals surface area (Å²) >= 11 is 1.59. The molecule has 116 valence electrons. The van der Waals surface area contributed by atoms with Gasteiger partial charge in [-0.3, -0.25) is 9.20 Å². The van der Waals surface area contributed by atoms with Crippen LogP contribution in [-0.2, 0) is 11.3 Å². The zero-order valence-corrected chi connectivity index (χ0v) is 13.8. The van der Waals surface area contributed by atoms with Crippen LogP contribution in [0, 0.1) is 0 Å². The summed E-state index contributed by atoms with van der Waals surface area (Å²) in [7, 11) is 0. The molecule has 2 aromatic rings. The minimum Gasteiger partial charge on any atom is -0.368 e. The Balaban J connectivity index is 2.42.